The van der Waals surface area contributed by atoms with Crippen LogP contribution < -0.4 is 0 Å². The van der Waals surface area contributed by atoms with Gasteiger partial charge in [-0.05, 0) is 12.0 Å². The molecule has 0 N–H and O–H groups in total. The van der Waals surface area contributed by atoms with E-state index in [0.717, 1.165) is 6.08 Å². The van der Waals surface area contributed by atoms with E-state index in [2.05, 4.69) is 4.85 Å². The van der Waals surface area contributed by atoms with Crippen molar-refractivity contribution in [2.75, 3.05) is 0 Å². The highest BCUT2D eigenvalue weighted by Gasteiger charge is 2.28. The van der Waals surface area contributed by atoms with Gasteiger partial charge in [0, 0.05) is 0 Å². The van der Waals surface area contributed by atoms with Crippen molar-refractivity contribution in [3.8, 4) is 6.07 Å². The molecule has 0 amide bonds. The molecule has 2 nitrogen and oxygen atoms in total. The summed E-state index contributed by atoms with van der Waals surface area (Å²) in [7, 11) is 0. The third-order valence-electron chi connectivity index (χ3n) is 1.51. The molecular weight excluding hydrogens is 217 g/mol. The second kappa shape index (κ2) is 5.97. The van der Waals surface area contributed by atoms with Crippen molar-refractivity contribution in [1.29, 1.82) is 5.26 Å². The Labute approximate surface area is 92.5 Å². The summed E-state index contributed by atoms with van der Waals surface area (Å²) < 4.78 is 36.6. The summed E-state index contributed by atoms with van der Waals surface area (Å²) in [5.74, 6) is -0.0701. The van der Waals surface area contributed by atoms with E-state index in [4.69, 9.17) is 11.8 Å². The first-order valence-corrected chi connectivity index (χ1v) is 4.55. The fraction of sp³-hybridized carbons (Fsp3) is 0.455. The highest BCUT2D eigenvalue weighted by Crippen LogP contribution is 2.26. The Balaban J connectivity index is 5.09. The van der Waals surface area contributed by atoms with E-state index in [0.29, 0.717) is 0 Å². The molecule has 0 aliphatic rings. The first kappa shape index (κ1) is 14.2. The molecule has 0 aliphatic carbocycles. The van der Waals surface area contributed by atoms with Gasteiger partial charge in [-0.1, -0.05) is 25.5 Å². The molecule has 86 valence electrons. The maximum Gasteiger partial charge on any atom is 0.392 e. The summed E-state index contributed by atoms with van der Waals surface area (Å²) in [5, 5.41) is 8.47. The van der Waals surface area contributed by atoms with Crippen molar-refractivity contribution in [1.82, 2.24) is 0 Å². The monoisotopic (exact) mass is 228 g/mol. The fourth-order valence-electron chi connectivity index (χ4n) is 1.08. The third-order valence-corrected chi connectivity index (χ3v) is 1.51. The number of hydrogen-bond donors (Lipinski definition) is 0. The zero-order valence-corrected chi connectivity index (χ0v) is 8.97. The summed E-state index contributed by atoms with van der Waals surface area (Å²) in [5.41, 5.74) is -0.383. The number of halogens is 3. The number of rotatable bonds is 3. The minimum Gasteiger partial charge on any atom is -0.227 e. The van der Waals surface area contributed by atoms with Crippen LogP contribution in [0, 0.1) is 23.8 Å². The van der Waals surface area contributed by atoms with Crippen LogP contribution in [0.25, 0.3) is 4.85 Å². The van der Waals surface area contributed by atoms with E-state index in [9.17, 15) is 13.2 Å². The van der Waals surface area contributed by atoms with Crippen molar-refractivity contribution < 1.29 is 13.2 Å². The molecule has 16 heavy (non-hydrogen) atoms. The highest BCUT2D eigenvalue weighted by atomic mass is 19.4. The van der Waals surface area contributed by atoms with E-state index in [1.54, 1.807) is 13.8 Å². The molecule has 0 fully saturated rings. The third kappa shape index (κ3) is 6.67. The first-order chi connectivity index (χ1) is 7.28. The van der Waals surface area contributed by atoms with Crippen LogP contribution in [0.2, 0.25) is 0 Å². The summed E-state index contributed by atoms with van der Waals surface area (Å²) >= 11 is 0. The highest BCUT2D eigenvalue weighted by molar-refractivity contribution is 5.36. The molecule has 0 atom stereocenters. The molecule has 0 aromatic heterocycles. The molecule has 0 saturated carbocycles. The van der Waals surface area contributed by atoms with Crippen LogP contribution in [0.3, 0.4) is 0 Å². The van der Waals surface area contributed by atoms with E-state index in [-0.39, 0.29) is 17.2 Å². The van der Waals surface area contributed by atoms with Crippen LogP contribution in [0.5, 0.6) is 0 Å². The average molecular weight is 228 g/mol. The number of nitrogens with zero attached hydrogens (tertiary/aromatic N) is 2. The fourth-order valence-corrected chi connectivity index (χ4v) is 1.08. The Morgan fingerprint density at radius 3 is 2.38 bits per heavy atom. The minimum atomic E-state index is -4.33. The molecule has 0 aromatic rings. The number of nitriles is 1. The summed E-state index contributed by atoms with van der Waals surface area (Å²) in [4.78, 5) is 2.83. The van der Waals surface area contributed by atoms with E-state index < -0.39 is 12.6 Å². The predicted molar refractivity (Wildman–Crippen MR) is 53.9 cm³/mol. The zero-order valence-electron chi connectivity index (χ0n) is 8.97. The van der Waals surface area contributed by atoms with Crippen LogP contribution in [0.15, 0.2) is 23.4 Å². The first-order valence-electron chi connectivity index (χ1n) is 4.55. The summed E-state index contributed by atoms with van der Waals surface area (Å²) in [6, 6.07) is 1.54. The lowest BCUT2D eigenvalue weighted by atomic mass is 10.1. The largest absolute Gasteiger partial charge is 0.392 e. The SMILES string of the molecule is [C-]#[N+]/C(C#N)=C/C(=C\C(C)C)CC(F)(F)F. The van der Waals surface area contributed by atoms with Gasteiger partial charge in [-0.2, -0.15) is 13.2 Å². The molecular formula is C11H11F3N2. The van der Waals surface area contributed by atoms with Gasteiger partial charge in [-0.25, -0.2) is 10.1 Å². The Hall–Kier alpha value is -1.75. The Kier molecular flexibility index (Phi) is 5.32. The van der Waals surface area contributed by atoms with Crippen LogP contribution in [0.1, 0.15) is 20.3 Å². The maximum absolute atomic E-state index is 12.2. The van der Waals surface area contributed by atoms with Gasteiger partial charge < -0.3 is 0 Å². The van der Waals surface area contributed by atoms with E-state index in [1.807, 2.05) is 0 Å². The van der Waals surface area contributed by atoms with Gasteiger partial charge in [-0.3, -0.25) is 0 Å². The van der Waals surface area contributed by atoms with Crippen molar-refractivity contribution in [3.63, 3.8) is 0 Å². The van der Waals surface area contributed by atoms with Crippen LogP contribution in [-0.2, 0) is 0 Å². The van der Waals surface area contributed by atoms with Gasteiger partial charge >= 0.3 is 6.18 Å². The second-order valence-electron chi connectivity index (χ2n) is 3.53. The van der Waals surface area contributed by atoms with Gasteiger partial charge in [0.2, 0.25) is 0 Å². The quantitative estimate of drug-likeness (QED) is 0.409. The van der Waals surface area contributed by atoms with Gasteiger partial charge in [0.15, 0.2) is 0 Å². The van der Waals surface area contributed by atoms with E-state index >= 15 is 0 Å². The Morgan fingerprint density at radius 1 is 1.50 bits per heavy atom. The van der Waals surface area contributed by atoms with Crippen molar-refractivity contribution in [3.05, 3.63) is 34.8 Å². The predicted octanol–water partition coefficient (Wildman–Crippen LogP) is 3.85. The van der Waals surface area contributed by atoms with Gasteiger partial charge in [-0.15, -0.1) is 0 Å². The Bertz CT molecular complexity index is 360. The second-order valence-corrected chi connectivity index (χ2v) is 3.53. The molecule has 0 rings (SSSR count). The van der Waals surface area contributed by atoms with Gasteiger partial charge in [0.1, 0.15) is 0 Å². The van der Waals surface area contributed by atoms with Crippen molar-refractivity contribution >= 4 is 0 Å². The molecule has 0 aromatic carbocycles. The molecule has 0 aliphatic heterocycles. The lowest BCUT2D eigenvalue weighted by molar-refractivity contribution is -0.126. The number of alkyl halides is 3. The maximum atomic E-state index is 12.2. The smallest absolute Gasteiger partial charge is 0.227 e. The summed E-state index contributed by atoms with van der Waals surface area (Å²) in [6.45, 7) is 10.1. The normalized spacial score (nSPS) is 13.5. The molecule has 0 radical (unpaired) electrons. The van der Waals surface area contributed by atoms with Crippen LogP contribution in [0.4, 0.5) is 13.2 Å². The van der Waals surface area contributed by atoms with Gasteiger partial charge in [0.25, 0.3) is 5.70 Å². The lowest BCUT2D eigenvalue weighted by Crippen LogP contribution is -2.08. The molecule has 0 bridgehead atoms. The standard InChI is InChI=1S/C11H11F3N2/c1-8(2)4-9(6-11(12,13)14)5-10(7-15)16-3/h4-5,8H,6H2,1-2H3/b9-4+,10-5+. The molecule has 0 unspecified atom stereocenters. The Morgan fingerprint density at radius 2 is 2.06 bits per heavy atom. The van der Waals surface area contributed by atoms with Crippen molar-refractivity contribution in [2.24, 2.45) is 5.92 Å². The molecule has 5 heteroatoms. The molecule has 0 saturated heterocycles. The minimum absolute atomic E-state index is 0.0462. The molecule has 0 spiro atoms. The topological polar surface area (TPSA) is 28.1 Å². The number of allylic oxidation sites excluding steroid dienone is 4. The zero-order chi connectivity index (χ0) is 12.8. The number of hydrogen-bond acceptors (Lipinski definition) is 1. The average Bonchev–Trinajstić information content (AvgIpc) is 2.10. The summed E-state index contributed by atoms with van der Waals surface area (Å²) in [6.07, 6.45) is -3.07. The lowest BCUT2D eigenvalue weighted by Gasteiger charge is -2.08. The molecule has 0 heterocycles. The van der Waals surface area contributed by atoms with Gasteiger partial charge in [0.05, 0.1) is 19.1 Å². The van der Waals surface area contributed by atoms with E-state index in [1.165, 1.54) is 12.1 Å². The van der Waals surface area contributed by atoms with Crippen LogP contribution >= 0.6 is 0 Å². The van der Waals surface area contributed by atoms with Crippen LogP contribution in [-0.4, -0.2) is 6.18 Å². The van der Waals surface area contributed by atoms with Crippen molar-refractivity contribution in [2.45, 2.75) is 26.4 Å².